The van der Waals surface area contributed by atoms with E-state index in [4.69, 9.17) is 0 Å². The van der Waals surface area contributed by atoms with Gasteiger partial charge in [-0.05, 0) is 115 Å². The van der Waals surface area contributed by atoms with Gasteiger partial charge < -0.3 is 0 Å². The fraction of sp³-hybridized carbons (Fsp3) is 0.158. The molecule has 5 aromatic rings. The Balaban J connectivity index is 1.26. The topological polar surface area (TPSA) is 34.1 Å². The highest BCUT2D eigenvalue weighted by Crippen LogP contribution is 2.53. The number of rotatable bonds is 1. The number of Topliss-reactive ketones (excluding diaryl/α,β-unsaturated/α-hetero) is 2. The van der Waals surface area contributed by atoms with E-state index in [2.05, 4.69) is 120 Å². The molecule has 2 nitrogen and oxygen atoms in total. The highest BCUT2D eigenvalue weighted by Gasteiger charge is 2.40. The maximum absolute atomic E-state index is 13.6. The van der Waals surface area contributed by atoms with Crippen molar-refractivity contribution in [3.8, 4) is 44.5 Å². The predicted molar refractivity (Wildman–Crippen MR) is 177 cm³/mol. The van der Waals surface area contributed by atoms with E-state index in [1.54, 1.807) is 0 Å². The van der Waals surface area contributed by atoms with Gasteiger partial charge in [-0.25, -0.2) is 0 Å². The molecule has 0 aromatic heterocycles. The van der Waals surface area contributed by atoms with Crippen molar-refractivity contribution in [2.75, 3.05) is 0 Å². The van der Waals surface area contributed by atoms with E-state index in [1.807, 2.05) is 24.3 Å². The molecule has 3 aliphatic carbocycles. The van der Waals surface area contributed by atoms with Gasteiger partial charge in [0.05, 0.1) is 0 Å². The Bertz CT molecular complexity index is 2100. The van der Waals surface area contributed by atoms with Crippen LogP contribution in [0.4, 0.5) is 0 Å². The van der Waals surface area contributed by atoms with Crippen molar-refractivity contribution in [2.24, 2.45) is 0 Å². The highest BCUT2D eigenvalue weighted by molar-refractivity contribution is 9.10. The van der Waals surface area contributed by atoms with Gasteiger partial charge in [0.25, 0.3) is 0 Å². The molecule has 0 radical (unpaired) electrons. The zero-order valence-corrected chi connectivity index (χ0v) is 26.8. The van der Waals surface area contributed by atoms with E-state index in [9.17, 15) is 9.59 Å². The average molecular weight is 674 g/mol. The molecule has 5 aromatic carbocycles. The first-order valence-electron chi connectivity index (χ1n) is 14.1. The van der Waals surface area contributed by atoms with Crippen molar-refractivity contribution < 1.29 is 9.59 Å². The van der Waals surface area contributed by atoms with Gasteiger partial charge in [0.1, 0.15) is 0 Å². The number of hydrogen-bond acceptors (Lipinski definition) is 2. The Hall–Kier alpha value is -3.60. The van der Waals surface area contributed by atoms with Crippen LogP contribution in [0.25, 0.3) is 44.5 Å². The Morgan fingerprint density at radius 3 is 1.43 bits per heavy atom. The second-order valence-electron chi connectivity index (χ2n) is 12.8. The SMILES string of the molecule is CC1(C)c2cc(Br)ccc2-c2ccc(-c3ccc4c(c3)C(=O)C(=O)c3cc5c(cc3-4)C(C)(C)c3cc(Br)ccc3-5)cc21. The van der Waals surface area contributed by atoms with Crippen LogP contribution in [-0.4, -0.2) is 11.6 Å². The van der Waals surface area contributed by atoms with Gasteiger partial charge >= 0.3 is 0 Å². The number of carbonyl (C=O) groups is 2. The zero-order chi connectivity index (χ0) is 29.3. The maximum atomic E-state index is 13.6. The van der Waals surface area contributed by atoms with Crippen LogP contribution in [0.1, 0.15) is 70.7 Å². The van der Waals surface area contributed by atoms with Crippen molar-refractivity contribution in [3.05, 3.63) is 127 Å². The van der Waals surface area contributed by atoms with E-state index < -0.39 is 11.6 Å². The average Bonchev–Trinajstić information content (AvgIpc) is 3.33. The number of ketones is 2. The molecule has 0 heterocycles. The smallest absolute Gasteiger partial charge is 0.234 e. The lowest BCUT2D eigenvalue weighted by Gasteiger charge is -2.25. The first kappa shape index (κ1) is 26.1. The summed E-state index contributed by atoms with van der Waals surface area (Å²) in [6, 6.07) is 29.5. The molecule has 0 saturated heterocycles. The van der Waals surface area contributed by atoms with Gasteiger partial charge in [0.15, 0.2) is 0 Å². The third-order valence-corrected chi connectivity index (χ3v) is 10.7. The number of benzene rings is 5. The number of fused-ring (bicyclic) bond motifs is 9. The summed E-state index contributed by atoms with van der Waals surface area (Å²) in [6.07, 6.45) is 0. The molecule has 0 N–H and O–H groups in total. The molecule has 0 aliphatic heterocycles. The van der Waals surface area contributed by atoms with Gasteiger partial charge in [0.2, 0.25) is 11.6 Å². The van der Waals surface area contributed by atoms with Gasteiger partial charge in [-0.1, -0.05) is 96.0 Å². The van der Waals surface area contributed by atoms with E-state index in [-0.39, 0.29) is 10.8 Å². The molecule has 0 atom stereocenters. The number of carbonyl (C=O) groups excluding carboxylic acids is 2. The monoisotopic (exact) mass is 672 g/mol. The van der Waals surface area contributed by atoms with Gasteiger partial charge in [0, 0.05) is 30.9 Å². The van der Waals surface area contributed by atoms with Crippen molar-refractivity contribution in [1.29, 1.82) is 0 Å². The minimum Gasteiger partial charge on any atom is -0.285 e. The van der Waals surface area contributed by atoms with E-state index in [1.165, 1.54) is 33.4 Å². The van der Waals surface area contributed by atoms with Gasteiger partial charge in [-0.3, -0.25) is 9.59 Å². The minimum absolute atomic E-state index is 0.149. The Kier molecular flexibility index (Phi) is 5.27. The van der Waals surface area contributed by atoms with E-state index >= 15 is 0 Å². The summed E-state index contributed by atoms with van der Waals surface area (Å²) in [7, 11) is 0. The van der Waals surface area contributed by atoms with Crippen molar-refractivity contribution >= 4 is 43.4 Å². The standard InChI is InChI=1S/C38H26Br2O2/c1-37(2)31-14-20(6-10-24(31)25-11-7-21(39)15-32(25)37)19-5-9-23-27-18-34-28(17-30(27)36(42)35(41)29(23)13-19)26-12-8-22(40)16-33(26)38(34,3)4/h5-18H,1-4H3. The van der Waals surface area contributed by atoms with Crippen molar-refractivity contribution in [2.45, 2.75) is 38.5 Å². The second-order valence-corrected chi connectivity index (χ2v) is 14.6. The molecular weight excluding hydrogens is 648 g/mol. The molecule has 0 bridgehead atoms. The van der Waals surface area contributed by atoms with Crippen LogP contribution < -0.4 is 0 Å². The molecular formula is C38H26Br2O2. The first-order valence-corrected chi connectivity index (χ1v) is 15.7. The molecule has 0 amide bonds. The summed E-state index contributed by atoms with van der Waals surface area (Å²) in [5, 5.41) is 0. The Morgan fingerprint density at radius 1 is 0.405 bits per heavy atom. The molecule has 204 valence electrons. The van der Waals surface area contributed by atoms with Gasteiger partial charge in [-0.15, -0.1) is 0 Å². The van der Waals surface area contributed by atoms with Crippen LogP contribution in [0, 0.1) is 0 Å². The van der Waals surface area contributed by atoms with Crippen LogP contribution in [-0.2, 0) is 10.8 Å². The Morgan fingerprint density at radius 2 is 0.833 bits per heavy atom. The second kappa shape index (κ2) is 8.49. The number of halogens is 2. The predicted octanol–water partition coefficient (Wildman–Crippen LogP) is 10.5. The summed E-state index contributed by atoms with van der Waals surface area (Å²) in [6.45, 7) is 8.97. The zero-order valence-electron chi connectivity index (χ0n) is 23.7. The molecule has 3 aliphatic rings. The maximum Gasteiger partial charge on any atom is 0.234 e. The largest absolute Gasteiger partial charge is 0.285 e. The molecule has 42 heavy (non-hydrogen) atoms. The summed E-state index contributed by atoms with van der Waals surface area (Å²) in [5.74, 6) is -0.872. The minimum atomic E-state index is -0.439. The Labute approximate surface area is 262 Å². The van der Waals surface area contributed by atoms with Crippen LogP contribution in [0.5, 0.6) is 0 Å². The normalized spacial score (nSPS) is 16.3. The summed E-state index contributed by atoms with van der Waals surface area (Å²) >= 11 is 7.27. The lowest BCUT2D eigenvalue weighted by molar-refractivity contribution is 0.0815. The lowest BCUT2D eigenvalue weighted by Crippen LogP contribution is -2.22. The molecule has 0 saturated carbocycles. The molecule has 0 unspecified atom stereocenters. The molecule has 8 rings (SSSR count). The molecule has 0 spiro atoms. The summed E-state index contributed by atoms with van der Waals surface area (Å²) in [4.78, 5) is 27.2. The quantitative estimate of drug-likeness (QED) is 0.166. The van der Waals surface area contributed by atoms with Gasteiger partial charge in [-0.2, -0.15) is 0 Å². The van der Waals surface area contributed by atoms with E-state index in [0.717, 1.165) is 42.3 Å². The third-order valence-electron chi connectivity index (χ3n) is 9.75. The number of hydrogen-bond donors (Lipinski definition) is 0. The van der Waals surface area contributed by atoms with Crippen LogP contribution in [0.2, 0.25) is 0 Å². The summed E-state index contributed by atoms with van der Waals surface area (Å²) < 4.78 is 2.11. The van der Waals surface area contributed by atoms with Crippen LogP contribution >= 0.6 is 31.9 Å². The first-order chi connectivity index (χ1) is 20.0. The fourth-order valence-electron chi connectivity index (χ4n) is 7.44. The highest BCUT2D eigenvalue weighted by atomic mass is 79.9. The van der Waals surface area contributed by atoms with E-state index in [0.29, 0.717) is 11.1 Å². The fourth-order valence-corrected chi connectivity index (χ4v) is 8.17. The summed E-state index contributed by atoms with van der Waals surface area (Å²) in [5.41, 5.74) is 13.9. The van der Waals surface area contributed by atoms with Crippen molar-refractivity contribution in [1.82, 2.24) is 0 Å². The molecule has 4 heteroatoms. The van der Waals surface area contributed by atoms with Crippen LogP contribution in [0.3, 0.4) is 0 Å². The van der Waals surface area contributed by atoms with Crippen LogP contribution in [0.15, 0.2) is 93.9 Å². The van der Waals surface area contributed by atoms with Crippen molar-refractivity contribution in [3.63, 3.8) is 0 Å². The lowest BCUT2D eigenvalue weighted by atomic mass is 9.77. The molecule has 0 fully saturated rings. The third kappa shape index (κ3) is 3.37.